The molecule has 0 saturated heterocycles. The maximum Gasteiger partial charge on any atom is 0.305 e. The van der Waals surface area contributed by atoms with Gasteiger partial charge in [-0.3, -0.25) is 19.6 Å². The van der Waals surface area contributed by atoms with Crippen LogP contribution in [-0.4, -0.2) is 37.5 Å². The molecular formula is C15H16N4O3S. The summed E-state index contributed by atoms with van der Waals surface area (Å²) in [5.74, 6) is -1.23. The predicted molar refractivity (Wildman–Crippen MR) is 84.1 cm³/mol. The van der Waals surface area contributed by atoms with Crippen molar-refractivity contribution in [2.75, 3.05) is 0 Å². The number of aromatic nitrogens is 3. The first-order valence-corrected chi connectivity index (χ1v) is 8.22. The van der Waals surface area contributed by atoms with E-state index in [1.807, 2.05) is 0 Å². The van der Waals surface area contributed by atoms with Crippen LogP contribution in [0.3, 0.4) is 0 Å². The normalized spacial score (nSPS) is 16.2. The third kappa shape index (κ3) is 3.53. The fourth-order valence-electron chi connectivity index (χ4n) is 2.90. The molecular weight excluding hydrogens is 316 g/mol. The zero-order valence-corrected chi connectivity index (χ0v) is 13.2. The summed E-state index contributed by atoms with van der Waals surface area (Å²) in [7, 11) is 0. The van der Waals surface area contributed by atoms with Crippen LogP contribution in [0.15, 0.2) is 24.0 Å². The standard InChI is InChI=1S/C15H16N4O3S/c20-12(21)7-15(3-1-2-4-15)19-13(22)11-9-23-14(18-11)10-8-16-5-6-17-10/h5-6,8-9H,1-4,7H2,(H,19,22)(H,20,21). The van der Waals surface area contributed by atoms with Gasteiger partial charge in [0.15, 0.2) is 0 Å². The number of rotatable bonds is 5. The van der Waals surface area contributed by atoms with Crippen molar-refractivity contribution in [2.45, 2.75) is 37.6 Å². The Labute approximate surface area is 136 Å². The van der Waals surface area contributed by atoms with E-state index in [9.17, 15) is 9.59 Å². The highest BCUT2D eigenvalue weighted by Gasteiger charge is 2.38. The topological polar surface area (TPSA) is 105 Å². The molecule has 2 N–H and O–H groups in total. The SMILES string of the molecule is O=C(O)CC1(NC(=O)c2csc(-c3cnccn3)n2)CCCC1. The van der Waals surface area contributed by atoms with Gasteiger partial charge in [0, 0.05) is 17.8 Å². The Morgan fingerprint density at radius 3 is 2.74 bits per heavy atom. The van der Waals surface area contributed by atoms with Gasteiger partial charge in [0.1, 0.15) is 16.4 Å². The van der Waals surface area contributed by atoms with E-state index in [1.165, 1.54) is 11.3 Å². The molecule has 0 bridgehead atoms. The van der Waals surface area contributed by atoms with E-state index in [1.54, 1.807) is 24.0 Å². The minimum Gasteiger partial charge on any atom is -0.481 e. The van der Waals surface area contributed by atoms with Crippen molar-refractivity contribution in [3.63, 3.8) is 0 Å². The first-order chi connectivity index (χ1) is 11.1. The third-order valence-electron chi connectivity index (χ3n) is 3.95. The van der Waals surface area contributed by atoms with E-state index in [-0.39, 0.29) is 18.0 Å². The lowest BCUT2D eigenvalue weighted by atomic mass is 9.93. The number of hydrogen-bond donors (Lipinski definition) is 2. The van der Waals surface area contributed by atoms with Gasteiger partial charge < -0.3 is 10.4 Å². The van der Waals surface area contributed by atoms with E-state index >= 15 is 0 Å². The van der Waals surface area contributed by atoms with Crippen molar-refractivity contribution in [3.8, 4) is 10.7 Å². The molecule has 23 heavy (non-hydrogen) atoms. The summed E-state index contributed by atoms with van der Waals surface area (Å²) in [6.45, 7) is 0. The van der Waals surface area contributed by atoms with Gasteiger partial charge in [-0.25, -0.2) is 4.98 Å². The van der Waals surface area contributed by atoms with Gasteiger partial charge in [-0.15, -0.1) is 11.3 Å². The molecule has 1 fully saturated rings. The zero-order valence-electron chi connectivity index (χ0n) is 12.4. The molecule has 0 atom stereocenters. The molecule has 0 aliphatic heterocycles. The monoisotopic (exact) mass is 332 g/mol. The lowest BCUT2D eigenvalue weighted by molar-refractivity contribution is -0.138. The number of amides is 1. The second-order valence-corrected chi connectivity index (χ2v) is 6.50. The number of carboxylic acid groups (broad SMARTS) is 1. The van der Waals surface area contributed by atoms with Crippen molar-refractivity contribution in [3.05, 3.63) is 29.7 Å². The molecule has 2 aromatic heterocycles. The van der Waals surface area contributed by atoms with Crippen molar-refractivity contribution >= 4 is 23.2 Å². The predicted octanol–water partition coefficient (Wildman–Crippen LogP) is 2.12. The van der Waals surface area contributed by atoms with E-state index in [2.05, 4.69) is 20.3 Å². The van der Waals surface area contributed by atoms with Crippen LogP contribution < -0.4 is 5.32 Å². The average molecular weight is 332 g/mol. The molecule has 1 saturated carbocycles. The Bertz CT molecular complexity index is 711. The molecule has 0 radical (unpaired) electrons. The molecule has 2 aromatic rings. The summed E-state index contributed by atoms with van der Waals surface area (Å²) in [4.78, 5) is 35.9. The quantitative estimate of drug-likeness (QED) is 0.869. The number of carboxylic acids is 1. The maximum atomic E-state index is 12.4. The van der Waals surface area contributed by atoms with Gasteiger partial charge in [0.2, 0.25) is 0 Å². The van der Waals surface area contributed by atoms with Crippen molar-refractivity contribution in [1.82, 2.24) is 20.3 Å². The Hall–Kier alpha value is -2.35. The van der Waals surface area contributed by atoms with Gasteiger partial charge in [-0.05, 0) is 12.8 Å². The Kier molecular flexibility index (Phi) is 4.33. The number of carbonyl (C=O) groups is 2. The highest BCUT2D eigenvalue weighted by atomic mass is 32.1. The first kappa shape index (κ1) is 15.5. The van der Waals surface area contributed by atoms with E-state index in [0.717, 1.165) is 12.8 Å². The van der Waals surface area contributed by atoms with Gasteiger partial charge in [-0.1, -0.05) is 12.8 Å². The Morgan fingerprint density at radius 1 is 1.30 bits per heavy atom. The number of carbonyl (C=O) groups excluding carboxylic acids is 1. The molecule has 120 valence electrons. The fraction of sp³-hybridized carbons (Fsp3) is 0.400. The average Bonchev–Trinajstić information content (AvgIpc) is 3.17. The van der Waals surface area contributed by atoms with Crippen LogP contribution in [-0.2, 0) is 4.79 Å². The van der Waals surface area contributed by atoms with Crippen LogP contribution in [0.1, 0.15) is 42.6 Å². The summed E-state index contributed by atoms with van der Waals surface area (Å²) >= 11 is 1.31. The lowest BCUT2D eigenvalue weighted by Gasteiger charge is -2.28. The number of hydrogen-bond acceptors (Lipinski definition) is 6. The minimum atomic E-state index is -0.897. The molecule has 0 spiro atoms. The molecule has 2 heterocycles. The summed E-state index contributed by atoms with van der Waals surface area (Å²) in [5.41, 5.74) is 0.240. The highest BCUT2D eigenvalue weighted by molar-refractivity contribution is 7.13. The van der Waals surface area contributed by atoms with Crippen LogP contribution >= 0.6 is 11.3 Å². The van der Waals surface area contributed by atoms with E-state index in [4.69, 9.17) is 5.11 Å². The largest absolute Gasteiger partial charge is 0.481 e. The van der Waals surface area contributed by atoms with Crippen LogP contribution in [0, 0.1) is 0 Å². The number of thiazole rings is 1. The Morgan fingerprint density at radius 2 is 2.09 bits per heavy atom. The van der Waals surface area contributed by atoms with Crippen molar-refractivity contribution in [1.29, 1.82) is 0 Å². The number of nitrogens with one attached hydrogen (secondary N) is 1. The molecule has 1 aliphatic carbocycles. The van der Waals surface area contributed by atoms with Crippen LogP contribution in [0.2, 0.25) is 0 Å². The van der Waals surface area contributed by atoms with Crippen LogP contribution in [0.25, 0.3) is 10.7 Å². The summed E-state index contributed by atoms with van der Waals surface area (Å²) in [5, 5.41) is 14.3. The third-order valence-corrected chi connectivity index (χ3v) is 4.81. The molecule has 7 nitrogen and oxygen atoms in total. The number of aliphatic carboxylic acids is 1. The molecule has 1 aliphatic rings. The van der Waals surface area contributed by atoms with Gasteiger partial charge in [0.05, 0.1) is 18.2 Å². The molecule has 1 amide bonds. The summed E-state index contributed by atoms with van der Waals surface area (Å²) < 4.78 is 0. The van der Waals surface area contributed by atoms with Gasteiger partial charge in [-0.2, -0.15) is 0 Å². The van der Waals surface area contributed by atoms with E-state index in [0.29, 0.717) is 23.5 Å². The van der Waals surface area contributed by atoms with Crippen LogP contribution in [0.4, 0.5) is 0 Å². The second-order valence-electron chi connectivity index (χ2n) is 5.64. The van der Waals surface area contributed by atoms with Crippen molar-refractivity contribution in [2.24, 2.45) is 0 Å². The lowest BCUT2D eigenvalue weighted by Crippen LogP contribution is -2.47. The fourth-order valence-corrected chi connectivity index (χ4v) is 3.66. The summed E-state index contributed by atoms with van der Waals surface area (Å²) in [6, 6.07) is 0. The smallest absolute Gasteiger partial charge is 0.305 e. The first-order valence-electron chi connectivity index (χ1n) is 7.34. The molecule has 3 rings (SSSR count). The maximum absolute atomic E-state index is 12.4. The number of nitrogens with zero attached hydrogens (tertiary/aromatic N) is 3. The molecule has 0 aromatic carbocycles. The Balaban J connectivity index is 1.76. The van der Waals surface area contributed by atoms with Crippen LogP contribution in [0.5, 0.6) is 0 Å². The minimum absolute atomic E-state index is 0.0557. The highest BCUT2D eigenvalue weighted by Crippen LogP contribution is 2.33. The summed E-state index contributed by atoms with van der Waals surface area (Å²) in [6.07, 6.45) is 7.89. The zero-order chi connectivity index (χ0) is 16.3. The van der Waals surface area contributed by atoms with Gasteiger partial charge in [0.25, 0.3) is 5.91 Å². The van der Waals surface area contributed by atoms with Crippen molar-refractivity contribution < 1.29 is 14.7 Å². The second kappa shape index (κ2) is 6.41. The molecule has 0 unspecified atom stereocenters. The molecule has 8 heteroatoms. The van der Waals surface area contributed by atoms with E-state index < -0.39 is 11.5 Å². The van der Waals surface area contributed by atoms with Gasteiger partial charge >= 0.3 is 5.97 Å².